The van der Waals surface area contributed by atoms with Gasteiger partial charge in [-0.1, -0.05) is 30.3 Å². The molecule has 18 heavy (non-hydrogen) atoms. The maximum absolute atomic E-state index is 11.1. The van der Waals surface area contributed by atoms with Gasteiger partial charge in [-0.05, 0) is 23.8 Å². The highest BCUT2D eigenvalue weighted by Gasteiger charge is 2.30. The highest BCUT2D eigenvalue weighted by Crippen LogP contribution is 2.37. The van der Waals surface area contributed by atoms with E-state index in [0.29, 0.717) is 13.0 Å². The SMILES string of the molecule is CCOc1ccc2ccccc2c1C1CC(=O)N1. The van der Waals surface area contributed by atoms with Crippen LogP contribution < -0.4 is 10.1 Å². The molecule has 1 N–H and O–H groups in total. The van der Waals surface area contributed by atoms with Crippen LogP contribution in [-0.4, -0.2) is 12.5 Å². The van der Waals surface area contributed by atoms with Crippen molar-refractivity contribution in [1.29, 1.82) is 0 Å². The molecule has 0 bridgehead atoms. The van der Waals surface area contributed by atoms with Crippen molar-refractivity contribution in [2.24, 2.45) is 0 Å². The molecule has 3 rings (SSSR count). The molecule has 1 heterocycles. The lowest BCUT2D eigenvalue weighted by Gasteiger charge is -2.29. The average molecular weight is 241 g/mol. The number of carbonyl (C=O) groups is 1. The normalized spacial score (nSPS) is 18.3. The molecule has 0 spiro atoms. The average Bonchev–Trinajstić information content (AvgIpc) is 2.36. The van der Waals surface area contributed by atoms with Crippen LogP contribution in [0.4, 0.5) is 0 Å². The Labute approximate surface area is 106 Å². The minimum Gasteiger partial charge on any atom is -0.493 e. The van der Waals surface area contributed by atoms with E-state index in [1.807, 2.05) is 25.1 Å². The molecule has 2 aromatic carbocycles. The van der Waals surface area contributed by atoms with E-state index in [-0.39, 0.29) is 11.9 Å². The Bertz CT molecular complexity index is 598. The number of carbonyl (C=O) groups excluding carboxylic acids is 1. The molecule has 3 heteroatoms. The van der Waals surface area contributed by atoms with Crippen LogP contribution in [0.25, 0.3) is 10.8 Å². The Morgan fingerprint density at radius 1 is 1.28 bits per heavy atom. The summed E-state index contributed by atoms with van der Waals surface area (Å²) in [6, 6.07) is 12.3. The third-order valence-corrected chi connectivity index (χ3v) is 3.30. The summed E-state index contributed by atoms with van der Waals surface area (Å²) in [5.74, 6) is 0.983. The second-order valence-electron chi connectivity index (χ2n) is 4.46. The van der Waals surface area contributed by atoms with Gasteiger partial charge in [-0.15, -0.1) is 0 Å². The van der Waals surface area contributed by atoms with Gasteiger partial charge in [-0.2, -0.15) is 0 Å². The lowest BCUT2D eigenvalue weighted by Crippen LogP contribution is -2.41. The molecule has 1 amide bonds. The largest absolute Gasteiger partial charge is 0.493 e. The van der Waals surface area contributed by atoms with E-state index in [0.717, 1.165) is 16.7 Å². The molecule has 1 aliphatic rings. The van der Waals surface area contributed by atoms with E-state index >= 15 is 0 Å². The van der Waals surface area contributed by atoms with Crippen LogP contribution in [0.5, 0.6) is 5.75 Å². The molecule has 0 saturated carbocycles. The molecule has 1 aliphatic heterocycles. The van der Waals surface area contributed by atoms with Gasteiger partial charge in [0.05, 0.1) is 19.1 Å². The molecule has 3 nitrogen and oxygen atoms in total. The van der Waals surface area contributed by atoms with Crippen LogP contribution in [-0.2, 0) is 4.79 Å². The van der Waals surface area contributed by atoms with E-state index in [9.17, 15) is 4.79 Å². The van der Waals surface area contributed by atoms with Gasteiger partial charge in [0.1, 0.15) is 5.75 Å². The highest BCUT2D eigenvalue weighted by atomic mass is 16.5. The Morgan fingerprint density at radius 3 is 2.78 bits per heavy atom. The van der Waals surface area contributed by atoms with E-state index in [1.165, 1.54) is 5.39 Å². The van der Waals surface area contributed by atoms with Gasteiger partial charge < -0.3 is 10.1 Å². The minimum absolute atomic E-state index is 0.0881. The number of hydrogen-bond acceptors (Lipinski definition) is 2. The third-order valence-electron chi connectivity index (χ3n) is 3.30. The molecule has 0 aromatic heterocycles. The van der Waals surface area contributed by atoms with Gasteiger partial charge in [0.15, 0.2) is 0 Å². The summed E-state index contributed by atoms with van der Waals surface area (Å²) < 4.78 is 5.69. The Morgan fingerprint density at radius 2 is 2.06 bits per heavy atom. The van der Waals surface area contributed by atoms with Crippen LogP contribution in [0, 0.1) is 0 Å². The lowest BCUT2D eigenvalue weighted by atomic mass is 9.91. The molecule has 0 radical (unpaired) electrons. The predicted molar refractivity (Wildman–Crippen MR) is 70.6 cm³/mol. The van der Waals surface area contributed by atoms with Gasteiger partial charge in [0.2, 0.25) is 5.91 Å². The summed E-state index contributed by atoms with van der Waals surface area (Å²) >= 11 is 0. The first kappa shape index (κ1) is 11.1. The molecule has 1 saturated heterocycles. The Kier molecular flexibility index (Phi) is 2.67. The van der Waals surface area contributed by atoms with Crippen LogP contribution in [0.1, 0.15) is 24.9 Å². The fourth-order valence-corrected chi connectivity index (χ4v) is 2.45. The monoisotopic (exact) mass is 241 g/mol. The zero-order valence-corrected chi connectivity index (χ0v) is 10.3. The first-order chi connectivity index (χ1) is 8.79. The topological polar surface area (TPSA) is 38.3 Å². The summed E-state index contributed by atoms with van der Waals surface area (Å²) in [6.07, 6.45) is 0.550. The third kappa shape index (κ3) is 1.72. The summed E-state index contributed by atoms with van der Waals surface area (Å²) in [5.41, 5.74) is 1.11. The summed E-state index contributed by atoms with van der Waals surface area (Å²) in [5, 5.41) is 5.27. The maximum Gasteiger partial charge on any atom is 0.222 e. The Hall–Kier alpha value is -2.03. The molecule has 1 fully saturated rings. The predicted octanol–water partition coefficient (Wildman–Crippen LogP) is 2.80. The first-order valence-electron chi connectivity index (χ1n) is 6.23. The van der Waals surface area contributed by atoms with Crippen molar-refractivity contribution in [3.05, 3.63) is 42.0 Å². The van der Waals surface area contributed by atoms with E-state index in [2.05, 4.69) is 23.5 Å². The second-order valence-corrected chi connectivity index (χ2v) is 4.46. The van der Waals surface area contributed by atoms with Gasteiger partial charge in [0.25, 0.3) is 0 Å². The lowest BCUT2D eigenvalue weighted by molar-refractivity contribution is -0.128. The van der Waals surface area contributed by atoms with E-state index in [1.54, 1.807) is 0 Å². The summed E-state index contributed by atoms with van der Waals surface area (Å²) in [6.45, 7) is 2.60. The number of nitrogens with one attached hydrogen (secondary N) is 1. The quantitative estimate of drug-likeness (QED) is 0.839. The zero-order chi connectivity index (χ0) is 12.5. The molecular formula is C15H15NO2. The van der Waals surface area contributed by atoms with Crippen molar-refractivity contribution >= 4 is 16.7 Å². The van der Waals surface area contributed by atoms with Crippen LogP contribution in [0.15, 0.2) is 36.4 Å². The fraction of sp³-hybridized carbons (Fsp3) is 0.267. The molecule has 92 valence electrons. The van der Waals surface area contributed by atoms with Crippen molar-refractivity contribution in [2.75, 3.05) is 6.61 Å². The van der Waals surface area contributed by atoms with Crippen molar-refractivity contribution < 1.29 is 9.53 Å². The summed E-state index contributed by atoms with van der Waals surface area (Å²) in [7, 11) is 0. The molecule has 1 atom stereocenters. The number of hydrogen-bond donors (Lipinski definition) is 1. The number of fused-ring (bicyclic) bond motifs is 1. The van der Waals surface area contributed by atoms with Crippen molar-refractivity contribution in [1.82, 2.24) is 5.32 Å². The van der Waals surface area contributed by atoms with Crippen LogP contribution in [0.3, 0.4) is 0 Å². The summed E-state index contributed by atoms with van der Waals surface area (Å²) in [4.78, 5) is 11.1. The second kappa shape index (κ2) is 4.33. The standard InChI is InChI=1S/C15H15NO2/c1-2-18-13-8-7-10-5-3-4-6-11(10)15(13)12-9-14(17)16-12/h3-8,12H,2,9H2,1H3,(H,16,17). The Balaban J connectivity index is 2.15. The first-order valence-corrected chi connectivity index (χ1v) is 6.23. The smallest absolute Gasteiger partial charge is 0.222 e. The van der Waals surface area contributed by atoms with Crippen LogP contribution in [0.2, 0.25) is 0 Å². The number of β-lactam (4-membered cyclic amide) rings is 1. The van der Waals surface area contributed by atoms with Gasteiger partial charge >= 0.3 is 0 Å². The van der Waals surface area contributed by atoms with Crippen molar-refractivity contribution in [3.63, 3.8) is 0 Å². The number of benzene rings is 2. The number of amides is 1. The zero-order valence-electron chi connectivity index (χ0n) is 10.3. The highest BCUT2D eigenvalue weighted by molar-refractivity contribution is 5.92. The number of ether oxygens (including phenoxy) is 1. The number of rotatable bonds is 3. The molecule has 1 unspecified atom stereocenters. The molecular weight excluding hydrogens is 226 g/mol. The van der Waals surface area contributed by atoms with Gasteiger partial charge in [0, 0.05) is 5.56 Å². The fourth-order valence-electron chi connectivity index (χ4n) is 2.45. The van der Waals surface area contributed by atoms with E-state index in [4.69, 9.17) is 4.74 Å². The van der Waals surface area contributed by atoms with Crippen molar-refractivity contribution in [3.8, 4) is 5.75 Å². The van der Waals surface area contributed by atoms with Crippen molar-refractivity contribution in [2.45, 2.75) is 19.4 Å². The maximum atomic E-state index is 11.1. The molecule has 2 aromatic rings. The molecule has 0 aliphatic carbocycles. The minimum atomic E-state index is 0.0881. The van der Waals surface area contributed by atoms with Crippen LogP contribution >= 0.6 is 0 Å². The van der Waals surface area contributed by atoms with Gasteiger partial charge in [-0.3, -0.25) is 4.79 Å². The van der Waals surface area contributed by atoms with E-state index < -0.39 is 0 Å². The van der Waals surface area contributed by atoms with Gasteiger partial charge in [-0.25, -0.2) is 0 Å².